The van der Waals surface area contributed by atoms with E-state index in [4.69, 9.17) is 0 Å². The van der Waals surface area contributed by atoms with Crippen LogP contribution in [0.4, 0.5) is 13.9 Å². The maximum absolute atomic E-state index is 14.3. The van der Waals surface area contributed by atoms with E-state index < -0.39 is 11.6 Å². The van der Waals surface area contributed by atoms with Crippen LogP contribution in [0.15, 0.2) is 64.0 Å². The van der Waals surface area contributed by atoms with Crippen molar-refractivity contribution in [2.45, 2.75) is 23.6 Å². The van der Waals surface area contributed by atoms with Gasteiger partial charge in [0.15, 0.2) is 10.1 Å². The van der Waals surface area contributed by atoms with Crippen LogP contribution in [0.5, 0.6) is 0 Å². The molecule has 1 fully saturated rings. The average molecular weight is 541 g/mol. The van der Waals surface area contributed by atoms with E-state index >= 15 is 0 Å². The fraction of sp³-hybridized carbons (Fsp3) is 0.192. The number of likely N-dealkylation sites (tertiary alicyclic amines) is 1. The number of carbonyl (C=O) groups is 3. The van der Waals surface area contributed by atoms with Gasteiger partial charge in [-0.2, -0.15) is 0 Å². The Kier molecular flexibility index (Phi) is 8.57. The van der Waals surface area contributed by atoms with Crippen LogP contribution in [0, 0.1) is 11.6 Å². The molecule has 3 aromatic rings. The smallest absolute Gasteiger partial charge is 0.226 e. The summed E-state index contributed by atoms with van der Waals surface area (Å²) in [6.45, 7) is -0.0510. The molecule has 0 saturated carbocycles. The molecular weight excluding hydrogens is 518 g/mol. The van der Waals surface area contributed by atoms with E-state index in [1.165, 1.54) is 53.5 Å². The number of piperidine rings is 1. The molecule has 1 aliphatic heterocycles. The van der Waals surface area contributed by atoms with Crippen molar-refractivity contribution < 1.29 is 23.2 Å². The lowest BCUT2D eigenvalue weighted by Gasteiger charge is -2.30. The molecule has 7 nitrogen and oxygen atoms in total. The first-order valence-corrected chi connectivity index (χ1v) is 12.6. The molecule has 2 aromatic carbocycles. The third-order valence-corrected chi connectivity index (χ3v) is 6.59. The number of ketones is 1. The van der Waals surface area contributed by atoms with Crippen molar-refractivity contribution in [3.05, 3.63) is 82.4 Å². The molecule has 1 aliphatic rings. The van der Waals surface area contributed by atoms with E-state index in [0.717, 1.165) is 11.3 Å². The molecule has 0 unspecified atom stereocenters. The van der Waals surface area contributed by atoms with Crippen molar-refractivity contribution in [1.82, 2.24) is 15.1 Å². The van der Waals surface area contributed by atoms with Crippen molar-refractivity contribution in [2.24, 2.45) is 0 Å². The normalized spacial score (nSPS) is 15.9. The standard InChI is InChI=1S/C26H22F2N4O3S2/c27-20-8-3-1-6-16(20)12-18-14-32(15-19(24(18)35)13-17-7-2-4-9-21(17)28)23(34)11-5-10-22(33)29-25-30-31-26(36)37-25/h1-4,6-9,12-13H,5,10-11,14-15H2,(H,31,36)(H,29,30,33)/b18-12+,19-13+. The van der Waals surface area contributed by atoms with E-state index in [2.05, 4.69) is 28.1 Å². The van der Waals surface area contributed by atoms with Crippen LogP contribution in [0.1, 0.15) is 30.4 Å². The number of Topliss-reactive ketones (excluding diaryl/α,β-unsaturated/α-hetero) is 1. The summed E-state index contributed by atoms with van der Waals surface area (Å²) in [5.74, 6) is -1.98. The van der Waals surface area contributed by atoms with Crippen molar-refractivity contribution in [1.29, 1.82) is 0 Å². The summed E-state index contributed by atoms with van der Waals surface area (Å²) in [5, 5.41) is 10.4. The van der Waals surface area contributed by atoms with E-state index in [0.29, 0.717) is 9.47 Å². The minimum absolute atomic E-state index is 0.0255. The maximum Gasteiger partial charge on any atom is 0.226 e. The van der Waals surface area contributed by atoms with Crippen LogP contribution >= 0.6 is 24.0 Å². The molecule has 0 bridgehead atoms. The van der Waals surface area contributed by atoms with Crippen molar-refractivity contribution >= 4 is 58.8 Å². The number of hydrogen-bond donors (Lipinski definition) is 2. The van der Waals surface area contributed by atoms with Gasteiger partial charge >= 0.3 is 0 Å². The Hall–Kier alpha value is -3.70. The Morgan fingerprint density at radius 1 is 0.946 bits per heavy atom. The average Bonchev–Trinajstić information content (AvgIpc) is 3.28. The number of nitrogens with zero attached hydrogens (tertiary/aromatic N) is 3. The molecule has 0 spiro atoms. The third-order valence-electron chi connectivity index (χ3n) is 5.58. The van der Waals surface area contributed by atoms with Crippen molar-refractivity contribution in [3.63, 3.8) is 0 Å². The highest BCUT2D eigenvalue weighted by Crippen LogP contribution is 2.25. The number of nitrogens with one attached hydrogen (secondary N) is 1. The summed E-state index contributed by atoms with van der Waals surface area (Å²) in [6.07, 6.45) is 3.22. The number of anilines is 1. The van der Waals surface area contributed by atoms with E-state index in [9.17, 15) is 23.2 Å². The van der Waals surface area contributed by atoms with E-state index in [-0.39, 0.29) is 72.2 Å². The second-order valence-electron chi connectivity index (χ2n) is 8.25. The molecule has 0 radical (unpaired) electrons. The van der Waals surface area contributed by atoms with Gasteiger partial charge in [-0.3, -0.25) is 14.4 Å². The van der Waals surface area contributed by atoms with Crippen molar-refractivity contribution in [3.8, 4) is 0 Å². The largest absolute Gasteiger partial charge is 0.334 e. The number of hydrogen-bond acceptors (Lipinski definition) is 7. The quantitative estimate of drug-likeness (QED) is 0.255. The number of amides is 2. The first-order chi connectivity index (χ1) is 17.8. The lowest BCUT2D eigenvalue weighted by atomic mass is 9.93. The minimum Gasteiger partial charge on any atom is -0.334 e. The molecule has 1 N–H and O–H groups in total. The van der Waals surface area contributed by atoms with Gasteiger partial charge in [-0.15, -0.1) is 22.8 Å². The number of benzene rings is 2. The number of rotatable bonds is 7. The number of aromatic nitrogens is 2. The zero-order valence-electron chi connectivity index (χ0n) is 19.5. The van der Waals surface area contributed by atoms with Gasteiger partial charge in [0.25, 0.3) is 0 Å². The predicted molar refractivity (Wildman–Crippen MR) is 140 cm³/mol. The fourth-order valence-corrected chi connectivity index (χ4v) is 4.59. The molecule has 2 amide bonds. The van der Waals surface area contributed by atoms with Crippen LogP contribution in [-0.2, 0) is 14.4 Å². The van der Waals surface area contributed by atoms with Crippen LogP contribution in [0.2, 0.25) is 0 Å². The third kappa shape index (κ3) is 6.95. The monoisotopic (exact) mass is 540 g/mol. The highest BCUT2D eigenvalue weighted by atomic mass is 32.2. The Morgan fingerprint density at radius 3 is 2.03 bits per heavy atom. The molecule has 37 heavy (non-hydrogen) atoms. The number of thiol groups is 1. The first-order valence-electron chi connectivity index (χ1n) is 11.3. The molecule has 11 heteroatoms. The summed E-state index contributed by atoms with van der Waals surface area (Å²) in [7, 11) is 0. The van der Waals surface area contributed by atoms with Crippen LogP contribution in [0.25, 0.3) is 12.2 Å². The van der Waals surface area contributed by atoms with Gasteiger partial charge in [-0.25, -0.2) is 8.78 Å². The molecular formula is C26H22F2N4O3S2. The molecule has 4 rings (SSSR count). The van der Waals surface area contributed by atoms with E-state index in [1.807, 2.05) is 0 Å². The summed E-state index contributed by atoms with van der Waals surface area (Å²) in [6, 6.07) is 12.0. The zero-order valence-corrected chi connectivity index (χ0v) is 21.2. The highest BCUT2D eigenvalue weighted by Gasteiger charge is 2.29. The van der Waals surface area contributed by atoms with Gasteiger partial charge in [0.05, 0.1) is 0 Å². The van der Waals surface area contributed by atoms with Gasteiger partial charge in [0, 0.05) is 48.2 Å². The fourth-order valence-electron chi connectivity index (χ4n) is 3.78. The summed E-state index contributed by atoms with van der Waals surface area (Å²) in [5.41, 5.74) is 0.846. The lowest BCUT2D eigenvalue weighted by molar-refractivity contribution is -0.131. The Balaban J connectivity index is 1.50. The zero-order chi connectivity index (χ0) is 26.4. The second-order valence-corrected chi connectivity index (χ2v) is 9.96. The van der Waals surface area contributed by atoms with Gasteiger partial charge in [0.2, 0.25) is 16.9 Å². The van der Waals surface area contributed by atoms with Gasteiger partial charge in [-0.05, 0) is 30.7 Å². The Labute approximate surface area is 221 Å². The Bertz CT molecular complexity index is 1340. The molecule has 0 atom stereocenters. The van der Waals surface area contributed by atoms with Crippen LogP contribution in [-0.4, -0.2) is 45.8 Å². The summed E-state index contributed by atoms with van der Waals surface area (Å²) < 4.78 is 29.0. The van der Waals surface area contributed by atoms with Crippen LogP contribution < -0.4 is 5.32 Å². The molecule has 0 aliphatic carbocycles. The lowest BCUT2D eigenvalue weighted by Crippen LogP contribution is -2.41. The number of halogens is 2. The molecule has 190 valence electrons. The SMILES string of the molecule is O=C(CCCC(=O)N1C/C(=C\c2ccccc2F)C(=O)/C(=C/c2ccccc2F)C1)Nc1nnc(S)s1. The predicted octanol–water partition coefficient (Wildman–Crippen LogP) is 4.79. The first kappa shape index (κ1) is 26.4. The second kappa shape index (κ2) is 12.0. The van der Waals surface area contributed by atoms with E-state index in [1.54, 1.807) is 12.1 Å². The van der Waals surface area contributed by atoms with Gasteiger partial charge in [-0.1, -0.05) is 47.7 Å². The topological polar surface area (TPSA) is 92.3 Å². The minimum atomic E-state index is -0.502. The molecule has 2 heterocycles. The summed E-state index contributed by atoms with van der Waals surface area (Å²) >= 11 is 5.17. The molecule has 1 aromatic heterocycles. The molecule has 1 saturated heterocycles. The maximum atomic E-state index is 14.3. The van der Waals surface area contributed by atoms with Gasteiger partial charge < -0.3 is 10.2 Å². The summed E-state index contributed by atoms with van der Waals surface area (Å²) in [4.78, 5) is 39.8. The Morgan fingerprint density at radius 2 is 1.51 bits per heavy atom. The van der Waals surface area contributed by atoms with Crippen molar-refractivity contribution in [2.75, 3.05) is 18.4 Å². The highest BCUT2D eigenvalue weighted by molar-refractivity contribution is 7.82. The van der Waals surface area contributed by atoms with Gasteiger partial charge in [0.1, 0.15) is 11.6 Å². The number of carbonyl (C=O) groups excluding carboxylic acids is 3. The van der Waals surface area contributed by atoms with Crippen LogP contribution in [0.3, 0.4) is 0 Å².